The quantitative estimate of drug-likeness (QED) is 0.219. The summed E-state index contributed by atoms with van der Waals surface area (Å²) in [6, 6.07) is 16.9. The van der Waals surface area contributed by atoms with Crippen LogP contribution in [-0.2, 0) is 20.8 Å². The van der Waals surface area contributed by atoms with E-state index < -0.39 is 23.0 Å². The molecule has 4 N–H and O–H groups in total. The van der Waals surface area contributed by atoms with Crippen molar-refractivity contribution in [3.05, 3.63) is 130 Å². The average molecular weight is 537 g/mol. The maximum Gasteiger partial charge on any atom is 0.295 e. The van der Waals surface area contributed by atoms with Gasteiger partial charge in [0, 0.05) is 25.2 Å². The summed E-state index contributed by atoms with van der Waals surface area (Å²) in [6.07, 6.45) is 9.76. The first-order valence-electron chi connectivity index (χ1n) is 12.7. The summed E-state index contributed by atoms with van der Waals surface area (Å²) in [6.45, 7) is -0.0811. The highest BCUT2D eigenvalue weighted by Crippen LogP contribution is 2.34. The lowest BCUT2D eigenvalue weighted by Gasteiger charge is -2.31. The van der Waals surface area contributed by atoms with E-state index in [0.29, 0.717) is 33.7 Å². The predicted molar refractivity (Wildman–Crippen MR) is 148 cm³/mol. The van der Waals surface area contributed by atoms with Gasteiger partial charge >= 0.3 is 0 Å². The van der Waals surface area contributed by atoms with Crippen LogP contribution in [0.3, 0.4) is 0 Å². The fourth-order valence-corrected chi connectivity index (χ4v) is 4.58. The second-order valence-corrected chi connectivity index (χ2v) is 9.24. The second-order valence-electron chi connectivity index (χ2n) is 9.24. The van der Waals surface area contributed by atoms with Crippen LogP contribution in [0.2, 0.25) is 0 Å². The van der Waals surface area contributed by atoms with Gasteiger partial charge in [-0.05, 0) is 34.4 Å². The molecule has 0 bridgehead atoms. The van der Waals surface area contributed by atoms with Gasteiger partial charge in [0.1, 0.15) is 0 Å². The zero-order chi connectivity index (χ0) is 28.6. The fourth-order valence-electron chi connectivity index (χ4n) is 4.58. The molecule has 202 valence electrons. The minimum absolute atomic E-state index is 0.0405. The van der Waals surface area contributed by atoms with E-state index in [-0.39, 0.29) is 25.9 Å². The first-order chi connectivity index (χ1) is 19.3. The molecule has 0 fully saturated rings. The zero-order valence-electron chi connectivity index (χ0n) is 21.6. The van der Waals surface area contributed by atoms with Crippen LogP contribution in [-0.4, -0.2) is 56.1 Å². The number of carbonyl (C=O) groups is 2. The van der Waals surface area contributed by atoms with Crippen LogP contribution in [0.1, 0.15) is 24.0 Å². The second kappa shape index (κ2) is 12.3. The Morgan fingerprint density at radius 2 is 1.05 bits per heavy atom. The third kappa shape index (κ3) is 5.56. The Balaban J connectivity index is 1.48. The van der Waals surface area contributed by atoms with Crippen LogP contribution in [0.5, 0.6) is 0 Å². The number of rotatable bonds is 9. The molecule has 0 aliphatic heterocycles. The molecular weight excluding hydrogens is 508 g/mol. The highest BCUT2D eigenvalue weighted by atomic mass is 16.3. The maximum atomic E-state index is 13.4. The Hall–Kier alpha value is -4.98. The van der Waals surface area contributed by atoms with E-state index in [0.717, 1.165) is 0 Å². The minimum atomic E-state index is -2.03. The number of hydrogen-bond acceptors (Lipinski definition) is 4. The van der Waals surface area contributed by atoms with E-state index >= 15 is 0 Å². The molecule has 2 amide bonds. The molecule has 0 spiro atoms. The minimum Gasteiger partial charge on any atom is -0.372 e. The summed E-state index contributed by atoms with van der Waals surface area (Å²) in [5.41, 5.74) is 16.1. The lowest BCUT2D eigenvalue weighted by atomic mass is 9.82. The van der Waals surface area contributed by atoms with Gasteiger partial charge in [-0.3, -0.25) is 9.59 Å². The summed E-state index contributed by atoms with van der Waals surface area (Å²) >= 11 is 0. The number of aliphatic hydroxyl groups is 2. The van der Waals surface area contributed by atoms with Crippen molar-refractivity contribution in [2.75, 3.05) is 13.1 Å². The average Bonchev–Trinajstić information content (AvgIpc) is 3.03. The largest absolute Gasteiger partial charge is 0.372 e. The van der Waals surface area contributed by atoms with E-state index in [9.17, 15) is 19.8 Å². The molecule has 10 nitrogen and oxygen atoms in total. The van der Waals surface area contributed by atoms with Crippen LogP contribution >= 0.6 is 0 Å². The van der Waals surface area contributed by atoms with Crippen molar-refractivity contribution in [1.82, 2.24) is 10.6 Å². The Morgan fingerprint density at radius 3 is 1.35 bits per heavy atom. The van der Waals surface area contributed by atoms with Crippen LogP contribution in [0.15, 0.2) is 108 Å². The van der Waals surface area contributed by atoms with Crippen molar-refractivity contribution in [1.29, 1.82) is 0 Å². The normalized spacial score (nSPS) is 17.4. The molecule has 2 aliphatic rings. The molecule has 10 heteroatoms. The van der Waals surface area contributed by atoms with Crippen molar-refractivity contribution in [2.24, 2.45) is 0 Å². The van der Waals surface area contributed by atoms with Gasteiger partial charge in [-0.15, -0.1) is 0 Å². The van der Waals surface area contributed by atoms with Crippen molar-refractivity contribution >= 4 is 23.2 Å². The summed E-state index contributed by atoms with van der Waals surface area (Å²) < 4.78 is 0. The third-order valence-corrected chi connectivity index (χ3v) is 6.80. The fraction of sp³-hybridized carbons (Fsp3) is 0.200. The Bertz CT molecular complexity index is 1400. The van der Waals surface area contributed by atoms with E-state index in [2.05, 4.69) is 20.2 Å². The smallest absolute Gasteiger partial charge is 0.295 e. The summed E-state index contributed by atoms with van der Waals surface area (Å²) in [7, 11) is 0. The third-order valence-electron chi connectivity index (χ3n) is 6.80. The molecule has 4 rings (SSSR count). The van der Waals surface area contributed by atoms with Gasteiger partial charge in [0.25, 0.3) is 23.2 Å². The Labute approximate surface area is 230 Å². The number of nitrogens with zero attached hydrogens (tertiary/aromatic N) is 4. The lowest BCUT2D eigenvalue weighted by molar-refractivity contribution is -0.138. The predicted octanol–water partition coefficient (Wildman–Crippen LogP) is 2.11. The van der Waals surface area contributed by atoms with Crippen molar-refractivity contribution in [2.45, 2.75) is 24.0 Å². The van der Waals surface area contributed by atoms with E-state index in [1.54, 1.807) is 72.8 Å². The molecule has 2 aromatic rings. The highest BCUT2D eigenvalue weighted by molar-refractivity contribution is 5.97. The van der Waals surface area contributed by atoms with Gasteiger partial charge in [-0.25, -0.2) is 0 Å². The number of carbonyl (C=O) groups excluding carboxylic acids is 2. The van der Waals surface area contributed by atoms with Gasteiger partial charge in [0.15, 0.2) is 11.2 Å². The number of hydrogen-bond donors (Lipinski definition) is 4. The van der Waals surface area contributed by atoms with Crippen LogP contribution in [0, 0.1) is 0 Å². The number of amides is 2. The molecule has 0 aromatic heterocycles. The van der Waals surface area contributed by atoms with Crippen LogP contribution < -0.4 is 10.6 Å². The molecule has 0 radical (unpaired) electrons. The molecule has 0 heterocycles. The molecule has 2 aromatic carbocycles. The number of allylic oxidation sites excluding steroid dienone is 4. The summed E-state index contributed by atoms with van der Waals surface area (Å²) in [5, 5.41) is 28.6. The van der Waals surface area contributed by atoms with E-state index in [1.165, 1.54) is 24.3 Å². The number of benzene rings is 2. The SMILES string of the molecule is [N-]=[N+]=C1C=CC(C(O)(C(=O)NCCNC(=O)C(O)(C2=CCC(=[N+]=[N-])C=C2)c2ccccc2)c2ccccc2)=CC1. The number of nitrogens with one attached hydrogen (secondary N) is 2. The topological polar surface area (TPSA) is 171 Å². The molecule has 2 atom stereocenters. The van der Waals surface area contributed by atoms with Gasteiger partial charge < -0.3 is 31.9 Å². The lowest BCUT2D eigenvalue weighted by Crippen LogP contribution is -2.50. The monoisotopic (exact) mass is 536 g/mol. The van der Waals surface area contributed by atoms with Gasteiger partial charge in [-0.2, -0.15) is 9.58 Å². The molecular formula is C30H28N6O4. The van der Waals surface area contributed by atoms with E-state index in [1.807, 2.05) is 0 Å². The first-order valence-corrected chi connectivity index (χ1v) is 12.7. The molecule has 0 saturated carbocycles. The first kappa shape index (κ1) is 28.0. The summed E-state index contributed by atoms with van der Waals surface area (Å²) in [5.74, 6) is -1.42. The maximum absolute atomic E-state index is 13.4. The molecule has 40 heavy (non-hydrogen) atoms. The van der Waals surface area contributed by atoms with Crippen LogP contribution in [0.4, 0.5) is 0 Å². The molecule has 2 aliphatic carbocycles. The Kier molecular flexibility index (Phi) is 8.59. The standard InChI is InChI=1S/C30H28N6O4/c31-35-25-15-11-23(12-16-25)29(39,21-7-3-1-4-8-21)27(37)33-19-20-34-28(38)30(40,22-9-5-2-6-10-22)24-13-17-26(36-32)18-14-24/h1-15,17,39-40H,16,18-20H2,(H,33,37)(H,34,38). The van der Waals surface area contributed by atoms with Crippen molar-refractivity contribution in [3.63, 3.8) is 0 Å². The van der Waals surface area contributed by atoms with E-state index in [4.69, 9.17) is 11.1 Å². The van der Waals surface area contributed by atoms with Gasteiger partial charge in [-0.1, -0.05) is 72.8 Å². The van der Waals surface area contributed by atoms with Gasteiger partial charge in [0.05, 0.1) is 12.8 Å². The highest BCUT2D eigenvalue weighted by Gasteiger charge is 2.43. The Morgan fingerprint density at radius 1 is 0.675 bits per heavy atom. The van der Waals surface area contributed by atoms with Crippen LogP contribution in [0.25, 0.3) is 11.1 Å². The molecule has 0 saturated heterocycles. The molecule has 2 unspecified atom stereocenters. The zero-order valence-corrected chi connectivity index (χ0v) is 21.6. The van der Waals surface area contributed by atoms with Gasteiger partial charge in [0.2, 0.25) is 0 Å². The van der Waals surface area contributed by atoms with Crippen molar-refractivity contribution < 1.29 is 29.4 Å². The van der Waals surface area contributed by atoms with Crippen molar-refractivity contribution in [3.8, 4) is 0 Å². The summed E-state index contributed by atoms with van der Waals surface area (Å²) in [4.78, 5) is 33.0.